The summed E-state index contributed by atoms with van der Waals surface area (Å²) in [4.78, 5) is 17.1. The van der Waals surface area contributed by atoms with E-state index >= 15 is 0 Å². The highest BCUT2D eigenvalue weighted by Crippen LogP contribution is 2.45. The van der Waals surface area contributed by atoms with Crippen LogP contribution in [0.1, 0.15) is 23.5 Å². The van der Waals surface area contributed by atoms with Gasteiger partial charge in [-0.05, 0) is 50.7 Å². The molecule has 1 N–H and O–H groups in total. The molecule has 0 aliphatic carbocycles. The van der Waals surface area contributed by atoms with Gasteiger partial charge in [-0.25, -0.2) is 9.18 Å². The largest absolute Gasteiger partial charge is 0.326 e. The van der Waals surface area contributed by atoms with Gasteiger partial charge < -0.3 is 10.2 Å². The molecule has 2 atom stereocenters. The Morgan fingerprint density at radius 2 is 2.04 bits per heavy atom. The standard InChI is InChI=1S/C20H22FN3O/c1-13-7-8-18-14(11-13)15-12-23(2)10-9-19(15)24(18)20(25)22-17-6-4-3-5-16(17)21/h3-8,11,15,19H,9-10,12H2,1-2H3,(H,22,25). The van der Waals surface area contributed by atoms with E-state index in [9.17, 15) is 9.18 Å². The smallest absolute Gasteiger partial charge is 0.306 e. The van der Waals surface area contributed by atoms with E-state index in [0.29, 0.717) is 5.92 Å². The molecule has 1 saturated heterocycles. The molecule has 5 heteroatoms. The molecule has 2 heterocycles. The second-order valence-corrected chi connectivity index (χ2v) is 7.07. The molecular formula is C20H22FN3O. The number of amides is 2. The van der Waals surface area contributed by atoms with E-state index < -0.39 is 5.82 Å². The Labute approximate surface area is 147 Å². The maximum absolute atomic E-state index is 13.9. The lowest BCUT2D eigenvalue weighted by atomic mass is 9.89. The summed E-state index contributed by atoms with van der Waals surface area (Å²) in [7, 11) is 2.12. The SMILES string of the molecule is Cc1ccc2c(c1)C1CN(C)CCC1N2C(=O)Nc1ccccc1F. The van der Waals surface area contributed by atoms with Gasteiger partial charge in [0.1, 0.15) is 5.82 Å². The normalized spacial score (nSPS) is 22.4. The maximum atomic E-state index is 13.9. The minimum Gasteiger partial charge on any atom is -0.306 e. The number of benzene rings is 2. The third-order valence-electron chi connectivity index (χ3n) is 5.29. The van der Waals surface area contributed by atoms with Crippen molar-refractivity contribution in [1.82, 2.24) is 4.90 Å². The minimum atomic E-state index is -0.417. The zero-order chi connectivity index (χ0) is 17.6. The predicted molar refractivity (Wildman–Crippen MR) is 97.7 cm³/mol. The summed E-state index contributed by atoms with van der Waals surface area (Å²) in [5, 5.41) is 2.75. The monoisotopic (exact) mass is 339 g/mol. The van der Waals surface area contributed by atoms with E-state index in [4.69, 9.17) is 0 Å². The highest BCUT2D eigenvalue weighted by molar-refractivity contribution is 6.04. The fourth-order valence-corrected chi connectivity index (χ4v) is 4.08. The molecule has 2 aliphatic rings. The molecule has 0 spiro atoms. The Hall–Kier alpha value is -2.40. The van der Waals surface area contributed by atoms with Crippen LogP contribution in [0.15, 0.2) is 42.5 Å². The van der Waals surface area contributed by atoms with Crippen molar-refractivity contribution in [3.05, 3.63) is 59.4 Å². The number of likely N-dealkylation sites (tertiary alicyclic amines) is 1. The topological polar surface area (TPSA) is 35.6 Å². The molecule has 2 aliphatic heterocycles. The number of urea groups is 1. The zero-order valence-electron chi connectivity index (χ0n) is 14.5. The average Bonchev–Trinajstić information content (AvgIpc) is 2.90. The Morgan fingerprint density at radius 3 is 2.84 bits per heavy atom. The number of hydrogen-bond donors (Lipinski definition) is 1. The van der Waals surface area contributed by atoms with Crippen molar-refractivity contribution in [2.24, 2.45) is 0 Å². The molecule has 0 radical (unpaired) electrons. The fraction of sp³-hybridized carbons (Fsp3) is 0.350. The van der Waals surface area contributed by atoms with E-state index in [1.807, 2.05) is 17.0 Å². The number of aryl methyl sites for hydroxylation is 1. The van der Waals surface area contributed by atoms with Gasteiger partial charge in [0.2, 0.25) is 0 Å². The van der Waals surface area contributed by atoms with Crippen LogP contribution in [0.2, 0.25) is 0 Å². The number of carbonyl (C=O) groups is 1. The zero-order valence-corrected chi connectivity index (χ0v) is 14.5. The number of likely N-dealkylation sites (N-methyl/N-ethyl adjacent to an activating group) is 1. The summed E-state index contributed by atoms with van der Waals surface area (Å²) in [5.41, 5.74) is 3.59. The first-order chi connectivity index (χ1) is 12.0. The lowest BCUT2D eigenvalue weighted by Crippen LogP contribution is -2.48. The molecule has 1 fully saturated rings. The van der Waals surface area contributed by atoms with E-state index in [-0.39, 0.29) is 17.8 Å². The number of hydrogen-bond acceptors (Lipinski definition) is 2. The molecule has 0 saturated carbocycles. The van der Waals surface area contributed by atoms with Crippen LogP contribution >= 0.6 is 0 Å². The number of rotatable bonds is 1. The van der Waals surface area contributed by atoms with Crippen LogP contribution in [0.3, 0.4) is 0 Å². The van der Waals surface area contributed by atoms with Crippen molar-refractivity contribution in [2.45, 2.75) is 25.3 Å². The van der Waals surface area contributed by atoms with Gasteiger partial charge in [-0.2, -0.15) is 0 Å². The molecule has 2 aromatic carbocycles. The van der Waals surface area contributed by atoms with Crippen LogP contribution in [-0.2, 0) is 0 Å². The van der Waals surface area contributed by atoms with Gasteiger partial charge >= 0.3 is 6.03 Å². The van der Waals surface area contributed by atoms with Gasteiger partial charge in [-0.1, -0.05) is 29.8 Å². The minimum absolute atomic E-state index is 0.125. The molecule has 0 aromatic heterocycles. The lowest BCUT2D eigenvalue weighted by molar-refractivity contribution is 0.224. The Bertz CT molecular complexity index is 822. The summed E-state index contributed by atoms with van der Waals surface area (Å²) in [5.74, 6) is -0.112. The van der Waals surface area contributed by atoms with Crippen molar-refractivity contribution in [3.8, 4) is 0 Å². The highest BCUT2D eigenvalue weighted by atomic mass is 19.1. The third kappa shape index (κ3) is 2.78. The van der Waals surface area contributed by atoms with Crippen molar-refractivity contribution < 1.29 is 9.18 Å². The van der Waals surface area contributed by atoms with Gasteiger partial charge in [0.25, 0.3) is 0 Å². The number of halogens is 1. The number of anilines is 2. The summed E-state index contributed by atoms with van der Waals surface area (Å²) in [6.07, 6.45) is 0.916. The van der Waals surface area contributed by atoms with Crippen LogP contribution < -0.4 is 10.2 Å². The average molecular weight is 339 g/mol. The summed E-state index contributed by atoms with van der Waals surface area (Å²) in [6.45, 7) is 3.96. The number of piperidine rings is 1. The second kappa shape index (κ2) is 6.15. The Morgan fingerprint density at radius 1 is 1.24 bits per heavy atom. The summed E-state index contributed by atoms with van der Waals surface area (Å²) >= 11 is 0. The van der Waals surface area contributed by atoms with Crippen LogP contribution in [0.5, 0.6) is 0 Å². The fourth-order valence-electron chi connectivity index (χ4n) is 4.08. The maximum Gasteiger partial charge on any atom is 0.326 e. The summed E-state index contributed by atoms with van der Waals surface area (Å²) in [6, 6.07) is 12.4. The van der Waals surface area contributed by atoms with Gasteiger partial charge in [-0.15, -0.1) is 0 Å². The van der Waals surface area contributed by atoms with Crippen molar-refractivity contribution >= 4 is 17.4 Å². The molecule has 0 bridgehead atoms. The first-order valence-corrected chi connectivity index (χ1v) is 8.68. The second-order valence-electron chi connectivity index (χ2n) is 7.07. The van der Waals surface area contributed by atoms with Crippen LogP contribution in [0.4, 0.5) is 20.6 Å². The van der Waals surface area contributed by atoms with Gasteiger partial charge in [0.15, 0.2) is 0 Å². The molecule has 130 valence electrons. The summed E-state index contributed by atoms with van der Waals surface area (Å²) < 4.78 is 13.9. The van der Waals surface area contributed by atoms with Crippen molar-refractivity contribution in [3.63, 3.8) is 0 Å². The number of fused-ring (bicyclic) bond motifs is 3. The van der Waals surface area contributed by atoms with E-state index in [1.165, 1.54) is 17.2 Å². The van der Waals surface area contributed by atoms with E-state index in [1.54, 1.807) is 18.2 Å². The van der Waals surface area contributed by atoms with Crippen LogP contribution in [0, 0.1) is 12.7 Å². The van der Waals surface area contributed by atoms with Gasteiger partial charge in [0, 0.05) is 24.2 Å². The molecule has 2 unspecified atom stereocenters. The Balaban J connectivity index is 1.69. The van der Waals surface area contributed by atoms with E-state index in [2.05, 4.69) is 30.3 Å². The number of carbonyl (C=O) groups excluding carboxylic acids is 1. The molecule has 2 amide bonds. The number of para-hydroxylation sites is 1. The molecule has 4 rings (SSSR count). The number of nitrogens with one attached hydrogen (secondary N) is 1. The van der Waals surface area contributed by atoms with E-state index in [0.717, 1.165) is 25.2 Å². The predicted octanol–water partition coefficient (Wildman–Crippen LogP) is 3.97. The van der Waals surface area contributed by atoms with Crippen LogP contribution in [-0.4, -0.2) is 37.1 Å². The molecule has 4 nitrogen and oxygen atoms in total. The first kappa shape index (κ1) is 16.1. The quantitative estimate of drug-likeness (QED) is 0.853. The number of nitrogens with zero attached hydrogens (tertiary/aromatic N) is 2. The molecule has 2 aromatic rings. The lowest BCUT2D eigenvalue weighted by Gasteiger charge is -2.36. The van der Waals surface area contributed by atoms with Crippen LogP contribution in [0.25, 0.3) is 0 Å². The van der Waals surface area contributed by atoms with Gasteiger partial charge in [-0.3, -0.25) is 4.90 Å². The van der Waals surface area contributed by atoms with Crippen molar-refractivity contribution in [1.29, 1.82) is 0 Å². The highest BCUT2D eigenvalue weighted by Gasteiger charge is 2.44. The van der Waals surface area contributed by atoms with Gasteiger partial charge in [0.05, 0.1) is 5.69 Å². The molecular weight excluding hydrogens is 317 g/mol. The third-order valence-corrected chi connectivity index (χ3v) is 5.29. The Kier molecular flexibility index (Phi) is 3.96. The molecule has 25 heavy (non-hydrogen) atoms. The first-order valence-electron chi connectivity index (χ1n) is 8.68. The van der Waals surface area contributed by atoms with Crippen molar-refractivity contribution in [2.75, 3.05) is 30.4 Å².